The van der Waals surface area contributed by atoms with Gasteiger partial charge in [-0.3, -0.25) is 9.59 Å². The third-order valence-electron chi connectivity index (χ3n) is 6.83. The van der Waals surface area contributed by atoms with E-state index >= 15 is 0 Å². The maximum atomic E-state index is 13.6. The molecule has 9 heteroatoms. The molecule has 4 aromatic heterocycles. The second kappa shape index (κ2) is 11.4. The molecule has 0 bridgehead atoms. The van der Waals surface area contributed by atoms with Crippen LogP contribution in [0.4, 0.5) is 0 Å². The third-order valence-corrected chi connectivity index (χ3v) is 6.83. The summed E-state index contributed by atoms with van der Waals surface area (Å²) in [5.74, 6) is 0.0254. The maximum absolute atomic E-state index is 13.6. The van der Waals surface area contributed by atoms with Crippen LogP contribution in [0.3, 0.4) is 0 Å². The first-order chi connectivity index (χ1) is 18.6. The molecule has 0 saturated heterocycles. The van der Waals surface area contributed by atoms with Crippen LogP contribution in [0.25, 0.3) is 11.0 Å². The molecule has 0 spiro atoms. The number of carbonyl (C=O) groups is 2. The summed E-state index contributed by atoms with van der Waals surface area (Å²) in [7, 11) is 1.55. The highest BCUT2D eigenvalue weighted by atomic mass is 16.5. The Kier molecular flexibility index (Phi) is 7.62. The number of carbonyl (C=O) groups excluding carboxylic acids is 2. The molecule has 0 aromatic carbocycles. The van der Waals surface area contributed by atoms with Crippen molar-refractivity contribution in [3.8, 4) is 5.88 Å². The van der Waals surface area contributed by atoms with E-state index in [9.17, 15) is 9.59 Å². The maximum Gasteiger partial charge on any atom is 0.308 e. The number of amides is 1. The fraction of sp³-hybridized carbons (Fsp3) is 0.345. The topological polar surface area (TPSA) is 99.4 Å². The number of esters is 1. The highest BCUT2D eigenvalue weighted by Gasteiger charge is 2.33. The van der Waals surface area contributed by atoms with Gasteiger partial charge in [0.1, 0.15) is 5.69 Å². The second-order valence-electron chi connectivity index (χ2n) is 9.29. The number of pyridine rings is 3. The lowest BCUT2D eigenvalue weighted by molar-refractivity contribution is -0.144. The molecule has 1 amide bonds. The minimum atomic E-state index is -0.473. The largest absolute Gasteiger partial charge is 0.481 e. The highest BCUT2D eigenvalue weighted by Crippen LogP contribution is 2.30. The second-order valence-corrected chi connectivity index (χ2v) is 9.29. The predicted octanol–water partition coefficient (Wildman–Crippen LogP) is 4.16. The predicted molar refractivity (Wildman–Crippen MR) is 142 cm³/mol. The Balaban J connectivity index is 1.29. The van der Waals surface area contributed by atoms with E-state index in [1.807, 2.05) is 34.9 Å². The molecule has 38 heavy (non-hydrogen) atoms. The normalized spacial score (nSPS) is 13.8. The lowest BCUT2D eigenvalue weighted by atomic mass is 10.0. The van der Waals surface area contributed by atoms with Crippen molar-refractivity contribution in [2.24, 2.45) is 0 Å². The van der Waals surface area contributed by atoms with Gasteiger partial charge in [-0.25, -0.2) is 15.0 Å². The molecule has 1 atom stereocenters. The molecule has 9 nitrogen and oxygen atoms in total. The van der Waals surface area contributed by atoms with E-state index in [1.165, 1.54) is 0 Å². The SMILES string of the molecule is CCOC(=O)C[C@@H](c1ccc(OC)nc1)N1CCn2cc(CCCc3ccc4cccnc4n3)cc2C1=O. The number of rotatable bonds is 10. The van der Waals surface area contributed by atoms with Crippen molar-refractivity contribution in [2.45, 2.75) is 45.2 Å². The smallest absolute Gasteiger partial charge is 0.308 e. The van der Waals surface area contributed by atoms with E-state index in [2.05, 4.69) is 27.2 Å². The van der Waals surface area contributed by atoms with E-state index in [-0.39, 0.29) is 24.9 Å². The van der Waals surface area contributed by atoms with E-state index in [0.29, 0.717) is 24.7 Å². The summed E-state index contributed by atoms with van der Waals surface area (Å²) in [6.45, 7) is 3.21. The summed E-state index contributed by atoms with van der Waals surface area (Å²) < 4.78 is 12.4. The molecule has 196 valence electrons. The van der Waals surface area contributed by atoms with Gasteiger partial charge in [0.25, 0.3) is 5.91 Å². The standard InChI is InChI=1S/C29H31N5O4/c1-3-38-27(35)17-24(22-10-12-26(37-2)31-18-22)34-15-14-33-19-20(16-25(33)29(34)36)6-4-8-23-11-9-21-7-5-13-30-28(21)32-23/h5,7,9-13,16,18-19,24H,3-4,6,8,14-15,17H2,1-2H3/t24-/m0/s1. The first kappa shape index (κ1) is 25.4. The zero-order chi connectivity index (χ0) is 26.5. The Morgan fingerprint density at radius 3 is 2.79 bits per heavy atom. The van der Waals surface area contributed by atoms with Crippen LogP contribution in [0, 0.1) is 0 Å². The minimum Gasteiger partial charge on any atom is -0.481 e. The van der Waals surface area contributed by atoms with Gasteiger partial charge in [0.2, 0.25) is 5.88 Å². The third kappa shape index (κ3) is 5.51. The molecule has 0 radical (unpaired) electrons. The summed E-state index contributed by atoms with van der Waals surface area (Å²) in [4.78, 5) is 41.1. The quantitative estimate of drug-likeness (QED) is 0.294. The Bertz CT molecular complexity index is 1430. The van der Waals surface area contributed by atoms with E-state index < -0.39 is 6.04 Å². The van der Waals surface area contributed by atoms with Gasteiger partial charge in [-0.2, -0.15) is 0 Å². The first-order valence-corrected chi connectivity index (χ1v) is 12.9. The van der Waals surface area contributed by atoms with Crippen molar-refractivity contribution in [2.75, 3.05) is 20.3 Å². The van der Waals surface area contributed by atoms with Crippen LogP contribution in [0.1, 0.15) is 53.1 Å². The monoisotopic (exact) mass is 513 g/mol. The average Bonchev–Trinajstić information content (AvgIpc) is 3.36. The average molecular weight is 514 g/mol. The molecule has 5 rings (SSSR count). The van der Waals surface area contributed by atoms with Gasteiger partial charge in [0.05, 0.1) is 26.2 Å². The molecule has 0 unspecified atom stereocenters. The minimum absolute atomic E-state index is 0.0643. The zero-order valence-corrected chi connectivity index (χ0v) is 21.7. The van der Waals surface area contributed by atoms with Crippen LogP contribution in [0.15, 0.2) is 61.1 Å². The number of ether oxygens (including phenoxy) is 2. The number of nitrogens with zero attached hydrogens (tertiary/aromatic N) is 5. The highest BCUT2D eigenvalue weighted by molar-refractivity contribution is 5.94. The summed E-state index contributed by atoms with van der Waals surface area (Å²) in [6.07, 6.45) is 8.13. The zero-order valence-electron chi connectivity index (χ0n) is 21.7. The number of methoxy groups -OCH3 is 1. The van der Waals surface area contributed by atoms with Crippen molar-refractivity contribution in [1.82, 2.24) is 24.4 Å². The molecular weight excluding hydrogens is 482 g/mol. The molecule has 0 saturated carbocycles. The number of fused-ring (bicyclic) bond motifs is 2. The van der Waals surface area contributed by atoms with Crippen LogP contribution in [-0.4, -0.2) is 56.6 Å². The summed E-state index contributed by atoms with van der Waals surface area (Å²) in [5.41, 5.74) is 4.29. The number of aromatic nitrogens is 4. The van der Waals surface area contributed by atoms with Crippen LogP contribution in [-0.2, 0) is 28.9 Å². The summed E-state index contributed by atoms with van der Waals surface area (Å²) in [5, 5.41) is 1.03. The number of hydrogen-bond donors (Lipinski definition) is 0. The van der Waals surface area contributed by atoms with Crippen molar-refractivity contribution in [3.63, 3.8) is 0 Å². The lowest BCUT2D eigenvalue weighted by Gasteiger charge is -2.35. The molecule has 4 aromatic rings. The van der Waals surface area contributed by atoms with Crippen molar-refractivity contribution in [1.29, 1.82) is 0 Å². The van der Waals surface area contributed by atoms with E-state index in [1.54, 1.807) is 37.4 Å². The Morgan fingerprint density at radius 1 is 1.11 bits per heavy atom. The first-order valence-electron chi connectivity index (χ1n) is 12.9. The molecule has 0 aliphatic carbocycles. The van der Waals surface area contributed by atoms with Crippen LogP contribution in [0.5, 0.6) is 5.88 Å². The van der Waals surface area contributed by atoms with Crippen LogP contribution < -0.4 is 4.74 Å². The summed E-state index contributed by atoms with van der Waals surface area (Å²) >= 11 is 0. The van der Waals surface area contributed by atoms with Gasteiger partial charge < -0.3 is 18.9 Å². The molecule has 1 aliphatic rings. The molecule has 1 aliphatic heterocycles. The Morgan fingerprint density at radius 2 is 2.00 bits per heavy atom. The van der Waals surface area contributed by atoms with Crippen molar-refractivity contribution >= 4 is 22.9 Å². The summed E-state index contributed by atoms with van der Waals surface area (Å²) in [6, 6.07) is 13.1. The fourth-order valence-corrected chi connectivity index (χ4v) is 4.93. The van der Waals surface area contributed by atoms with Crippen molar-refractivity contribution in [3.05, 3.63) is 83.6 Å². The van der Waals surface area contributed by atoms with Crippen LogP contribution >= 0.6 is 0 Å². The molecule has 5 heterocycles. The van der Waals surface area contributed by atoms with E-state index in [0.717, 1.165) is 47.1 Å². The lowest BCUT2D eigenvalue weighted by Crippen LogP contribution is -2.43. The molecular formula is C29H31N5O4. The Hall–Kier alpha value is -4.27. The van der Waals surface area contributed by atoms with Gasteiger partial charge >= 0.3 is 5.97 Å². The van der Waals surface area contributed by atoms with Gasteiger partial charge in [-0.05, 0) is 67.6 Å². The number of aryl methyl sites for hydroxylation is 2. The van der Waals surface area contributed by atoms with Gasteiger partial charge in [0.15, 0.2) is 5.65 Å². The van der Waals surface area contributed by atoms with Gasteiger partial charge in [0, 0.05) is 48.8 Å². The van der Waals surface area contributed by atoms with E-state index in [4.69, 9.17) is 9.47 Å². The molecule has 0 N–H and O–H groups in total. The Labute approximate surface area is 221 Å². The fourth-order valence-electron chi connectivity index (χ4n) is 4.93. The van der Waals surface area contributed by atoms with Crippen molar-refractivity contribution < 1.29 is 19.1 Å². The van der Waals surface area contributed by atoms with Crippen LogP contribution in [0.2, 0.25) is 0 Å². The molecule has 0 fully saturated rings. The number of hydrogen-bond acceptors (Lipinski definition) is 7. The van der Waals surface area contributed by atoms with Gasteiger partial charge in [-0.15, -0.1) is 0 Å². The van der Waals surface area contributed by atoms with Gasteiger partial charge in [-0.1, -0.05) is 6.07 Å².